The van der Waals surface area contributed by atoms with Crippen LogP contribution in [0.15, 0.2) is 0 Å². The van der Waals surface area contributed by atoms with Crippen LogP contribution in [0.4, 0.5) is 5.13 Å². The fourth-order valence-corrected chi connectivity index (χ4v) is 2.91. The first-order valence-corrected chi connectivity index (χ1v) is 6.84. The number of methoxy groups -OCH3 is 1. The summed E-state index contributed by atoms with van der Waals surface area (Å²) in [6, 6.07) is 0. The van der Waals surface area contributed by atoms with Crippen LogP contribution in [-0.4, -0.2) is 37.3 Å². The third-order valence-corrected chi connectivity index (χ3v) is 4.31. The summed E-state index contributed by atoms with van der Waals surface area (Å²) in [6.45, 7) is 5.56. The molecule has 1 aromatic rings. The van der Waals surface area contributed by atoms with Crippen molar-refractivity contribution in [3.05, 3.63) is 10.6 Å². The van der Waals surface area contributed by atoms with E-state index in [2.05, 4.69) is 17.2 Å². The van der Waals surface area contributed by atoms with Gasteiger partial charge < -0.3 is 14.8 Å². The van der Waals surface area contributed by atoms with Crippen molar-refractivity contribution in [3.63, 3.8) is 0 Å². The Labute approximate surface area is 111 Å². The van der Waals surface area contributed by atoms with Crippen LogP contribution in [0.1, 0.15) is 28.7 Å². The van der Waals surface area contributed by atoms with Gasteiger partial charge in [-0.2, -0.15) is 0 Å². The molecule has 0 bridgehead atoms. The van der Waals surface area contributed by atoms with Gasteiger partial charge >= 0.3 is 5.97 Å². The summed E-state index contributed by atoms with van der Waals surface area (Å²) in [4.78, 5) is 16.4. The highest BCUT2D eigenvalue weighted by atomic mass is 32.1. The highest BCUT2D eigenvalue weighted by Crippen LogP contribution is 2.25. The topological polar surface area (TPSA) is 60.5 Å². The predicted molar refractivity (Wildman–Crippen MR) is 70.2 cm³/mol. The Morgan fingerprint density at radius 2 is 2.44 bits per heavy atom. The van der Waals surface area contributed by atoms with Gasteiger partial charge in [0.15, 0.2) is 5.13 Å². The molecular formula is C12H18N2O3S. The Morgan fingerprint density at radius 1 is 1.67 bits per heavy atom. The second kappa shape index (κ2) is 5.67. The normalized spacial score (nSPS) is 23.1. The number of nitrogens with zero attached hydrogens (tertiary/aromatic N) is 1. The number of esters is 1. The van der Waals surface area contributed by atoms with Gasteiger partial charge in [0.1, 0.15) is 4.88 Å². The minimum atomic E-state index is -0.324. The average Bonchev–Trinajstić information content (AvgIpc) is 2.92. The molecule has 0 spiro atoms. The number of thiazole rings is 1. The number of anilines is 1. The molecule has 5 nitrogen and oxygen atoms in total. The molecule has 1 aliphatic heterocycles. The number of aryl methyl sites for hydroxylation is 1. The molecule has 0 radical (unpaired) electrons. The zero-order chi connectivity index (χ0) is 13.1. The second-order valence-corrected chi connectivity index (χ2v) is 5.43. The Bertz CT molecular complexity index is 433. The summed E-state index contributed by atoms with van der Waals surface area (Å²) < 4.78 is 10.2. The summed E-state index contributed by atoms with van der Waals surface area (Å²) in [5, 5.41) is 4.05. The Balaban J connectivity index is 1.95. The van der Waals surface area contributed by atoms with Crippen LogP contribution in [0.3, 0.4) is 0 Å². The Hall–Kier alpha value is -1.14. The van der Waals surface area contributed by atoms with Gasteiger partial charge in [0, 0.05) is 19.1 Å². The van der Waals surface area contributed by atoms with Gasteiger partial charge in [-0.3, -0.25) is 0 Å². The number of ether oxygens (including phenoxy) is 2. The van der Waals surface area contributed by atoms with Gasteiger partial charge in [-0.05, 0) is 20.3 Å². The maximum atomic E-state index is 11.5. The van der Waals surface area contributed by atoms with Crippen LogP contribution in [0.5, 0.6) is 0 Å². The number of nitrogens with one attached hydrogen (secondary N) is 1. The number of aromatic nitrogens is 1. The summed E-state index contributed by atoms with van der Waals surface area (Å²) >= 11 is 1.34. The van der Waals surface area contributed by atoms with Crippen LogP contribution in [0, 0.1) is 12.8 Å². The minimum absolute atomic E-state index is 0.290. The van der Waals surface area contributed by atoms with Crippen molar-refractivity contribution in [2.45, 2.75) is 26.4 Å². The van der Waals surface area contributed by atoms with Crippen molar-refractivity contribution in [2.24, 2.45) is 5.92 Å². The van der Waals surface area contributed by atoms with Crippen molar-refractivity contribution in [2.75, 3.05) is 25.6 Å². The lowest BCUT2D eigenvalue weighted by atomic mass is 10.0. The molecule has 2 atom stereocenters. The second-order valence-electron chi connectivity index (χ2n) is 4.43. The maximum absolute atomic E-state index is 11.5. The molecule has 0 amide bonds. The van der Waals surface area contributed by atoms with Gasteiger partial charge in [-0.1, -0.05) is 11.3 Å². The largest absolute Gasteiger partial charge is 0.465 e. The number of carbonyl (C=O) groups excluding carboxylic acids is 1. The van der Waals surface area contributed by atoms with Crippen molar-refractivity contribution in [1.82, 2.24) is 4.98 Å². The SMILES string of the molecule is COC(=O)c1sc(NCC2CCOC2C)nc1C. The fourth-order valence-electron chi connectivity index (χ4n) is 2.02. The molecule has 1 aliphatic rings. The van der Waals surface area contributed by atoms with E-state index in [1.54, 1.807) is 0 Å². The Kier molecular flexibility index (Phi) is 4.19. The molecule has 18 heavy (non-hydrogen) atoms. The predicted octanol–water partition coefficient (Wildman–Crippen LogP) is 2.08. The number of carbonyl (C=O) groups is 1. The monoisotopic (exact) mass is 270 g/mol. The molecule has 0 aliphatic carbocycles. The fraction of sp³-hybridized carbons (Fsp3) is 0.667. The highest BCUT2D eigenvalue weighted by molar-refractivity contribution is 7.17. The molecule has 1 N–H and O–H groups in total. The van der Waals surface area contributed by atoms with Crippen molar-refractivity contribution >= 4 is 22.4 Å². The standard InChI is InChI=1S/C12H18N2O3S/c1-7-10(11(15)16-3)18-12(14-7)13-6-9-4-5-17-8(9)2/h8-9H,4-6H2,1-3H3,(H,13,14). The van der Waals surface area contributed by atoms with Crippen LogP contribution in [-0.2, 0) is 9.47 Å². The molecule has 1 saturated heterocycles. The average molecular weight is 270 g/mol. The molecule has 2 rings (SSSR count). The smallest absolute Gasteiger partial charge is 0.350 e. The van der Waals surface area contributed by atoms with E-state index < -0.39 is 0 Å². The molecule has 100 valence electrons. The molecule has 1 fully saturated rings. The third kappa shape index (κ3) is 2.81. The Morgan fingerprint density at radius 3 is 3.06 bits per heavy atom. The van der Waals surface area contributed by atoms with E-state index in [0.717, 1.165) is 24.7 Å². The van der Waals surface area contributed by atoms with Gasteiger partial charge in [0.2, 0.25) is 0 Å². The van der Waals surface area contributed by atoms with E-state index in [-0.39, 0.29) is 5.97 Å². The lowest BCUT2D eigenvalue weighted by Gasteiger charge is -2.13. The summed E-state index contributed by atoms with van der Waals surface area (Å²) in [7, 11) is 1.38. The van der Waals surface area contributed by atoms with Crippen LogP contribution in [0.2, 0.25) is 0 Å². The van der Waals surface area contributed by atoms with Crippen LogP contribution >= 0.6 is 11.3 Å². The molecule has 2 heterocycles. The van der Waals surface area contributed by atoms with E-state index in [0.29, 0.717) is 22.6 Å². The zero-order valence-electron chi connectivity index (χ0n) is 10.9. The number of rotatable bonds is 4. The summed E-state index contributed by atoms with van der Waals surface area (Å²) in [5.41, 5.74) is 0.713. The molecular weight excluding hydrogens is 252 g/mol. The van der Waals surface area contributed by atoms with Crippen LogP contribution in [0.25, 0.3) is 0 Å². The maximum Gasteiger partial charge on any atom is 0.350 e. The van der Waals surface area contributed by atoms with Crippen molar-refractivity contribution in [1.29, 1.82) is 0 Å². The summed E-state index contributed by atoms with van der Waals surface area (Å²) in [5.74, 6) is 0.186. The first-order chi connectivity index (χ1) is 8.61. The van der Waals surface area contributed by atoms with E-state index in [1.165, 1.54) is 18.4 Å². The van der Waals surface area contributed by atoms with Gasteiger partial charge in [0.05, 0.1) is 18.9 Å². The van der Waals surface area contributed by atoms with E-state index in [4.69, 9.17) is 9.47 Å². The van der Waals surface area contributed by atoms with Gasteiger partial charge in [-0.15, -0.1) is 0 Å². The molecule has 0 saturated carbocycles. The lowest BCUT2D eigenvalue weighted by molar-refractivity contribution is 0.0605. The third-order valence-electron chi connectivity index (χ3n) is 3.22. The molecule has 1 aromatic heterocycles. The highest BCUT2D eigenvalue weighted by Gasteiger charge is 2.24. The quantitative estimate of drug-likeness (QED) is 0.849. The van der Waals surface area contributed by atoms with Crippen LogP contribution < -0.4 is 5.32 Å². The van der Waals surface area contributed by atoms with Gasteiger partial charge in [-0.25, -0.2) is 9.78 Å². The molecule has 0 aromatic carbocycles. The minimum Gasteiger partial charge on any atom is -0.465 e. The first-order valence-electron chi connectivity index (χ1n) is 6.03. The summed E-state index contributed by atoms with van der Waals surface area (Å²) in [6.07, 6.45) is 1.36. The number of hydrogen-bond donors (Lipinski definition) is 1. The molecule has 2 unspecified atom stereocenters. The van der Waals surface area contributed by atoms with E-state index in [1.807, 2.05) is 6.92 Å². The van der Waals surface area contributed by atoms with E-state index >= 15 is 0 Å². The van der Waals surface area contributed by atoms with E-state index in [9.17, 15) is 4.79 Å². The van der Waals surface area contributed by atoms with Crippen molar-refractivity contribution in [3.8, 4) is 0 Å². The lowest BCUT2D eigenvalue weighted by Crippen LogP contribution is -2.20. The van der Waals surface area contributed by atoms with Gasteiger partial charge in [0.25, 0.3) is 0 Å². The molecule has 6 heteroatoms. The zero-order valence-corrected chi connectivity index (χ0v) is 11.7. The van der Waals surface area contributed by atoms with Crippen molar-refractivity contribution < 1.29 is 14.3 Å². The first kappa shape index (κ1) is 13.3. The number of hydrogen-bond acceptors (Lipinski definition) is 6.